The van der Waals surface area contributed by atoms with Crippen LogP contribution < -0.4 is 4.90 Å². The number of fused-ring (bicyclic) bond motifs is 1. The summed E-state index contributed by atoms with van der Waals surface area (Å²) in [6.07, 6.45) is 7.56. The van der Waals surface area contributed by atoms with Crippen molar-refractivity contribution in [3.8, 4) is 11.1 Å². The summed E-state index contributed by atoms with van der Waals surface area (Å²) in [5, 5.41) is 4.59. The average molecular weight is 367 g/mol. The number of pyridine rings is 2. The fourth-order valence-corrected chi connectivity index (χ4v) is 3.98. The first-order chi connectivity index (χ1) is 13.3. The van der Waals surface area contributed by atoms with Gasteiger partial charge in [-0.2, -0.15) is 5.10 Å². The van der Waals surface area contributed by atoms with Gasteiger partial charge in [-0.1, -0.05) is 0 Å². The fraction of sp³-hybridized carbons (Fsp3) is 0.450. The number of rotatable bonds is 3. The third-order valence-electron chi connectivity index (χ3n) is 5.50. The van der Waals surface area contributed by atoms with Crippen LogP contribution in [0.2, 0.25) is 0 Å². The van der Waals surface area contributed by atoms with Crippen molar-refractivity contribution in [2.75, 3.05) is 31.2 Å². The highest BCUT2D eigenvalue weighted by atomic mass is 19.1. The van der Waals surface area contributed by atoms with Crippen molar-refractivity contribution < 1.29 is 9.13 Å². The van der Waals surface area contributed by atoms with Crippen LogP contribution in [0.4, 0.5) is 10.2 Å². The molecule has 3 aromatic heterocycles. The van der Waals surface area contributed by atoms with Crippen LogP contribution in [-0.4, -0.2) is 52.2 Å². The maximum absolute atomic E-state index is 13.6. The Kier molecular flexibility index (Phi) is 4.24. The van der Waals surface area contributed by atoms with Crippen LogP contribution in [0.5, 0.6) is 0 Å². The van der Waals surface area contributed by atoms with E-state index in [-0.39, 0.29) is 0 Å². The smallest absolute Gasteiger partial charge is 0.129 e. The van der Waals surface area contributed by atoms with Gasteiger partial charge in [0.05, 0.1) is 29.8 Å². The van der Waals surface area contributed by atoms with Gasteiger partial charge in [0.15, 0.2) is 0 Å². The lowest BCUT2D eigenvalue weighted by atomic mass is 10.1. The topological polar surface area (TPSA) is 56.1 Å². The number of nitrogens with zero attached hydrogens (tertiary/aromatic N) is 5. The molecule has 140 valence electrons. The van der Waals surface area contributed by atoms with Gasteiger partial charge in [-0.3, -0.25) is 9.67 Å². The Hall–Kier alpha value is -2.54. The Bertz CT molecular complexity index is 952. The molecule has 6 nitrogen and oxygen atoms in total. The number of anilines is 1. The molecule has 5 heterocycles. The molecule has 0 amide bonds. The zero-order valence-corrected chi connectivity index (χ0v) is 15.1. The summed E-state index contributed by atoms with van der Waals surface area (Å²) >= 11 is 0. The molecule has 0 radical (unpaired) electrons. The van der Waals surface area contributed by atoms with E-state index in [1.54, 1.807) is 6.20 Å². The van der Waals surface area contributed by atoms with E-state index in [9.17, 15) is 4.39 Å². The summed E-state index contributed by atoms with van der Waals surface area (Å²) in [6, 6.07) is 6.26. The molecular formula is C20H22FN5O. The van der Waals surface area contributed by atoms with Crippen LogP contribution in [0.3, 0.4) is 0 Å². The average Bonchev–Trinajstić information content (AvgIpc) is 3.37. The molecule has 2 aliphatic heterocycles. The van der Waals surface area contributed by atoms with Crippen LogP contribution in [0.15, 0.2) is 36.8 Å². The molecule has 7 heteroatoms. The minimum Gasteiger partial charge on any atom is -0.381 e. The summed E-state index contributed by atoms with van der Waals surface area (Å²) in [7, 11) is 0. The molecule has 0 aromatic carbocycles. The molecule has 2 fully saturated rings. The van der Waals surface area contributed by atoms with Gasteiger partial charge in [-0.05, 0) is 37.5 Å². The van der Waals surface area contributed by atoms with Gasteiger partial charge >= 0.3 is 0 Å². The van der Waals surface area contributed by atoms with Gasteiger partial charge in [0, 0.05) is 43.3 Å². The molecule has 0 saturated carbocycles. The monoisotopic (exact) mass is 367 g/mol. The predicted molar refractivity (Wildman–Crippen MR) is 102 cm³/mol. The van der Waals surface area contributed by atoms with Crippen LogP contribution in [0, 0.1) is 0 Å². The molecule has 27 heavy (non-hydrogen) atoms. The number of ether oxygens (including phenoxy) is 1. The van der Waals surface area contributed by atoms with E-state index in [1.165, 1.54) is 0 Å². The lowest BCUT2D eigenvalue weighted by Crippen LogP contribution is -2.21. The van der Waals surface area contributed by atoms with Crippen molar-refractivity contribution in [3.63, 3.8) is 0 Å². The van der Waals surface area contributed by atoms with E-state index in [1.807, 2.05) is 34.0 Å². The molecule has 5 rings (SSSR count). The van der Waals surface area contributed by atoms with Gasteiger partial charge in [0.2, 0.25) is 0 Å². The van der Waals surface area contributed by atoms with Gasteiger partial charge in [-0.15, -0.1) is 0 Å². The van der Waals surface area contributed by atoms with Crippen LogP contribution in [0.1, 0.15) is 25.3 Å². The second-order valence-corrected chi connectivity index (χ2v) is 7.28. The number of halogens is 1. The van der Waals surface area contributed by atoms with Crippen molar-refractivity contribution in [3.05, 3.63) is 36.8 Å². The molecule has 0 spiro atoms. The third kappa shape index (κ3) is 3.16. The molecule has 2 aliphatic rings. The van der Waals surface area contributed by atoms with E-state index in [4.69, 9.17) is 9.72 Å². The predicted octanol–water partition coefficient (Wildman–Crippen LogP) is 3.39. The molecule has 1 atom stereocenters. The summed E-state index contributed by atoms with van der Waals surface area (Å²) < 4.78 is 21.1. The highest BCUT2D eigenvalue weighted by Crippen LogP contribution is 2.30. The second kappa shape index (κ2) is 6.88. The summed E-state index contributed by atoms with van der Waals surface area (Å²) in [6.45, 7) is 2.69. The number of alkyl halides is 1. The van der Waals surface area contributed by atoms with Crippen molar-refractivity contribution in [1.29, 1.82) is 0 Å². The number of aromatic nitrogens is 4. The van der Waals surface area contributed by atoms with Crippen molar-refractivity contribution in [1.82, 2.24) is 19.7 Å². The fourth-order valence-electron chi connectivity index (χ4n) is 3.98. The molecular weight excluding hydrogens is 345 g/mol. The molecule has 0 N–H and O–H groups in total. The van der Waals surface area contributed by atoms with Crippen molar-refractivity contribution in [2.45, 2.75) is 31.5 Å². The van der Waals surface area contributed by atoms with Crippen molar-refractivity contribution >= 4 is 16.9 Å². The second-order valence-electron chi connectivity index (χ2n) is 7.28. The Labute approximate surface area is 157 Å². The van der Waals surface area contributed by atoms with E-state index >= 15 is 0 Å². The minimum atomic E-state index is -0.770. The van der Waals surface area contributed by atoms with Gasteiger partial charge in [0.1, 0.15) is 12.0 Å². The van der Waals surface area contributed by atoms with Crippen molar-refractivity contribution in [2.24, 2.45) is 0 Å². The van der Waals surface area contributed by atoms with Crippen LogP contribution in [0.25, 0.3) is 22.2 Å². The Morgan fingerprint density at radius 1 is 1.11 bits per heavy atom. The first-order valence-corrected chi connectivity index (χ1v) is 9.55. The number of hydrogen-bond donors (Lipinski definition) is 0. The van der Waals surface area contributed by atoms with Crippen LogP contribution >= 0.6 is 0 Å². The molecule has 3 aromatic rings. The van der Waals surface area contributed by atoms with E-state index in [0.717, 1.165) is 54.0 Å². The third-order valence-corrected chi connectivity index (χ3v) is 5.50. The minimum absolute atomic E-state index is 0.384. The maximum Gasteiger partial charge on any atom is 0.129 e. The Morgan fingerprint density at radius 2 is 2.00 bits per heavy atom. The SMILES string of the molecule is F[C@H]1CCN(c2ccc3nccc(-c4cnn(C5CCOCC5)c4)c3n2)C1. The standard InChI is InChI=1S/C20H22FN5O/c21-15-4-8-25(13-15)19-2-1-18-20(24-19)17(3-7-22-18)14-11-23-26(12-14)16-5-9-27-10-6-16/h1-3,7,11-12,15-16H,4-6,8-10,13H2/t15-/m0/s1. The summed E-state index contributed by atoms with van der Waals surface area (Å²) in [5.41, 5.74) is 3.72. The lowest BCUT2D eigenvalue weighted by molar-refractivity contribution is 0.0662. The molecule has 0 aliphatic carbocycles. The summed E-state index contributed by atoms with van der Waals surface area (Å²) in [4.78, 5) is 11.3. The maximum atomic E-state index is 13.6. The molecule has 0 bridgehead atoms. The van der Waals surface area contributed by atoms with Crippen LogP contribution in [-0.2, 0) is 4.74 Å². The quantitative estimate of drug-likeness (QED) is 0.710. The highest BCUT2D eigenvalue weighted by Gasteiger charge is 2.23. The molecule has 2 saturated heterocycles. The van der Waals surface area contributed by atoms with E-state index < -0.39 is 6.17 Å². The lowest BCUT2D eigenvalue weighted by Gasteiger charge is -2.22. The van der Waals surface area contributed by atoms with Gasteiger partial charge in [0.25, 0.3) is 0 Å². The Morgan fingerprint density at radius 3 is 2.81 bits per heavy atom. The highest BCUT2D eigenvalue weighted by molar-refractivity contribution is 5.91. The molecule has 0 unspecified atom stereocenters. The normalized spacial score (nSPS) is 21.2. The largest absolute Gasteiger partial charge is 0.381 e. The first kappa shape index (κ1) is 16.6. The summed E-state index contributed by atoms with van der Waals surface area (Å²) in [5.74, 6) is 0.814. The number of hydrogen-bond acceptors (Lipinski definition) is 5. The Balaban J connectivity index is 1.51. The zero-order valence-electron chi connectivity index (χ0n) is 15.1. The zero-order chi connectivity index (χ0) is 18.2. The van der Waals surface area contributed by atoms with Gasteiger partial charge in [-0.25, -0.2) is 9.37 Å². The van der Waals surface area contributed by atoms with E-state index in [2.05, 4.69) is 16.3 Å². The first-order valence-electron chi connectivity index (χ1n) is 9.55. The van der Waals surface area contributed by atoms with E-state index in [0.29, 0.717) is 25.6 Å². The van der Waals surface area contributed by atoms with Gasteiger partial charge < -0.3 is 9.64 Å².